The molecule has 1 aromatic rings. The van der Waals surface area contributed by atoms with Crippen LogP contribution in [0.15, 0.2) is 4.34 Å². The molecule has 2 atom stereocenters. The van der Waals surface area contributed by atoms with Crippen LogP contribution in [0, 0.1) is 0 Å². The summed E-state index contributed by atoms with van der Waals surface area (Å²) in [6.45, 7) is 7.64. The number of nitrogens with one attached hydrogen (secondary N) is 1. The van der Waals surface area contributed by atoms with Crippen molar-refractivity contribution in [2.45, 2.75) is 42.8 Å². The van der Waals surface area contributed by atoms with Gasteiger partial charge in [0.1, 0.15) is 0 Å². The van der Waals surface area contributed by atoms with Gasteiger partial charge in [-0.3, -0.25) is 0 Å². The molecule has 0 aliphatic heterocycles. The van der Waals surface area contributed by atoms with Gasteiger partial charge in [-0.25, -0.2) is 0 Å². The molecule has 0 amide bonds. The molecule has 1 rings (SSSR count). The fourth-order valence-corrected chi connectivity index (χ4v) is 3.81. The summed E-state index contributed by atoms with van der Waals surface area (Å²) in [6, 6.07) is 0.559. The molecule has 0 saturated heterocycles. The van der Waals surface area contributed by atoms with E-state index < -0.39 is 0 Å². The summed E-state index contributed by atoms with van der Waals surface area (Å²) in [5.41, 5.74) is 0. The van der Waals surface area contributed by atoms with Crippen LogP contribution in [0.25, 0.3) is 0 Å². The lowest BCUT2D eigenvalue weighted by Crippen LogP contribution is -2.28. The fraction of sp³-hybridized carbons (Fsp3) is 0.818. The first-order chi connectivity index (χ1) is 8.02. The van der Waals surface area contributed by atoms with E-state index in [1.165, 1.54) is 0 Å². The van der Waals surface area contributed by atoms with Crippen LogP contribution < -0.4 is 10.2 Å². The van der Waals surface area contributed by atoms with E-state index in [0.717, 1.165) is 22.4 Å². The molecule has 1 heterocycles. The van der Waals surface area contributed by atoms with Gasteiger partial charge < -0.3 is 10.2 Å². The minimum atomic E-state index is 0.559. The quantitative estimate of drug-likeness (QED) is 0.774. The molecule has 0 bridgehead atoms. The number of aromatic nitrogens is 2. The fourth-order valence-electron chi connectivity index (χ4n) is 1.58. The zero-order valence-corrected chi connectivity index (χ0v) is 12.9. The average molecular weight is 274 g/mol. The van der Waals surface area contributed by atoms with Gasteiger partial charge in [-0.1, -0.05) is 36.9 Å². The Labute approximate surface area is 112 Å². The van der Waals surface area contributed by atoms with Crippen molar-refractivity contribution in [1.29, 1.82) is 0 Å². The van der Waals surface area contributed by atoms with Crippen molar-refractivity contribution in [2.75, 3.05) is 25.5 Å². The highest BCUT2D eigenvalue weighted by Crippen LogP contribution is 2.31. The van der Waals surface area contributed by atoms with Crippen molar-refractivity contribution in [3.8, 4) is 0 Å². The van der Waals surface area contributed by atoms with Gasteiger partial charge in [0.05, 0.1) is 0 Å². The Morgan fingerprint density at radius 1 is 1.35 bits per heavy atom. The predicted molar refractivity (Wildman–Crippen MR) is 77.3 cm³/mol. The van der Waals surface area contributed by atoms with Crippen LogP contribution in [-0.2, 0) is 0 Å². The van der Waals surface area contributed by atoms with Crippen molar-refractivity contribution < 1.29 is 0 Å². The van der Waals surface area contributed by atoms with Gasteiger partial charge in [0.25, 0.3) is 0 Å². The highest BCUT2D eigenvalue weighted by molar-refractivity contribution is 8.01. The smallest absolute Gasteiger partial charge is 0.208 e. The average Bonchev–Trinajstić information content (AvgIpc) is 2.66. The van der Waals surface area contributed by atoms with Gasteiger partial charge in [-0.05, 0) is 19.9 Å². The molecule has 98 valence electrons. The van der Waals surface area contributed by atoms with Crippen molar-refractivity contribution in [3.05, 3.63) is 0 Å². The third kappa shape index (κ3) is 5.23. The third-order valence-electron chi connectivity index (χ3n) is 2.32. The zero-order chi connectivity index (χ0) is 12.8. The lowest BCUT2D eigenvalue weighted by molar-refractivity contribution is 0.530. The minimum absolute atomic E-state index is 0.559. The first-order valence-corrected chi connectivity index (χ1v) is 7.63. The topological polar surface area (TPSA) is 41.1 Å². The minimum Gasteiger partial charge on any atom is -0.353 e. The van der Waals surface area contributed by atoms with E-state index in [-0.39, 0.29) is 0 Å². The molecular weight excluding hydrogens is 252 g/mol. The van der Waals surface area contributed by atoms with E-state index in [9.17, 15) is 0 Å². The van der Waals surface area contributed by atoms with E-state index in [1.54, 1.807) is 11.3 Å². The maximum Gasteiger partial charge on any atom is 0.208 e. The van der Waals surface area contributed by atoms with Crippen LogP contribution >= 0.6 is 23.1 Å². The molecule has 0 saturated carbocycles. The highest BCUT2D eigenvalue weighted by Gasteiger charge is 2.13. The molecule has 1 N–H and O–H groups in total. The van der Waals surface area contributed by atoms with Crippen molar-refractivity contribution in [1.82, 2.24) is 15.5 Å². The van der Waals surface area contributed by atoms with Gasteiger partial charge in [0.2, 0.25) is 5.13 Å². The molecule has 17 heavy (non-hydrogen) atoms. The maximum atomic E-state index is 4.20. The number of thioether (sulfide) groups is 1. The van der Waals surface area contributed by atoms with E-state index in [1.807, 2.05) is 30.8 Å². The van der Waals surface area contributed by atoms with E-state index >= 15 is 0 Å². The molecule has 4 nitrogen and oxygen atoms in total. The standard InChI is InChI=1S/C11H22N4S2/c1-6-12-8(2)7-9(3)16-11-14-13-10(17-11)15(4)5/h8-9,12H,6-7H2,1-5H3. The van der Waals surface area contributed by atoms with Crippen LogP contribution in [0.2, 0.25) is 0 Å². The lowest BCUT2D eigenvalue weighted by atomic mass is 10.2. The number of hydrogen-bond donors (Lipinski definition) is 1. The van der Waals surface area contributed by atoms with Crippen molar-refractivity contribution in [3.63, 3.8) is 0 Å². The third-order valence-corrected chi connectivity index (χ3v) is 4.62. The second-order valence-electron chi connectivity index (χ2n) is 4.37. The first-order valence-electron chi connectivity index (χ1n) is 5.93. The number of hydrogen-bond acceptors (Lipinski definition) is 6. The number of anilines is 1. The second-order valence-corrected chi connectivity index (χ2v) is 7.01. The molecule has 0 aromatic carbocycles. The van der Waals surface area contributed by atoms with E-state index in [0.29, 0.717) is 11.3 Å². The Balaban J connectivity index is 2.41. The molecule has 2 unspecified atom stereocenters. The summed E-state index contributed by atoms with van der Waals surface area (Å²) in [5.74, 6) is 0. The molecule has 0 fully saturated rings. The molecule has 1 aromatic heterocycles. The number of nitrogens with zero attached hydrogens (tertiary/aromatic N) is 3. The molecule has 0 aliphatic carbocycles. The summed E-state index contributed by atoms with van der Waals surface area (Å²) in [7, 11) is 3.98. The summed E-state index contributed by atoms with van der Waals surface area (Å²) in [4.78, 5) is 1.99. The van der Waals surface area contributed by atoms with Crippen LogP contribution in [0.5, 0.6) is 0 Å². The van der Waals surface area contributed by atoms with Crippen LogP contribution in [0.1, 0.15) is 27.2 Å². The first kappa shape index (κ1) is 14.7. The Morgan fingerprint density at radius 3 is 2.59 bits per heavy atom. The largest absolute Gasteiger partial charge is 0.353 e. The van der Waals surface area contributed by atoms with Crippen molar-refractivity contribution in [2.24, 2.45) is 0 Å². The van der Waals surface area contributed by atoms with Gasteiger partial charge in [-0.2, -0.15) is 0 Å². The second kappa shape index (κ2) is 7.18. The lowest BCUT2D eigenvalue weighted by Gasteiger charge is -2.16. The van der Waals surface area contributed by atoms with Gasteiger partial charge >= 0.3 is 0 Å². The Kier molecular flexibility index (Phi) is 6.22. The predicted octanol–water partition coefficient (Wildman–Crippen LogP) is 2.47. The Morgan fingerprint density at radius 2 is 2.06 bits per heavy atom. The highest BCUT2D eigenvalue weighted by atomic mass is 32.2. The summed E-state index contributed by atoms with van der Waals surface area (Å²) in [5, 5.41) is 13.3. The normalized spacial score (nSPS) is 14.6. The summed E-state index contributed by atoms with van der Waals surface area (Å²) in [6.07, 6.45) is 1.15. The zero-order valence-electron chi connectivity index (χ0n) is 11.2. The molecule has 6 heteroatoms. The van der Waals surface area contributed by atoms with Crippen LogP contribution in [-0.4, -0.2) is 42.1 Å². The van der Waals surface area contributed by atoms with Gasteiger partial charge in [0.15, 0.2) is 4.34 Å². The van der Waals surface area contributed by atoms with E-state index in [4.69, 9.17) is 0 Å². The Bertz CT molecular complexity index is 327. The van der Waals surface area contributed by atoms with Gasteiger partial charge in [-0.15, -0.1) is 10.2 Å². The Hall–Kier alpha value is -0.330. The molecule has 0 spiro atoms. The summed E-state index contributed by atoms with van der Waals surface area (Å²) >= 11 is 3.47. The van der Waals surface area contributed by atoms with Crippen LogP contribution in [0.4, 0.5) is 5.13 Å². The SMILES string of the molecule is CCNC(C)CC(C)Sc1nnc(N(C)C)s1. The van der Waals surface area contributed by atoms with Crippen LogP contribution in [0.3, 0.4) is 0 Å². The number of rotatable bonds is 7. The molecular formula is C11H22N4S2. The molecule has 0 radical (unpaired) electrons. The van der Waals surface area contributed by atoms with Crippen molar-refractivity contribution >= 4 is 28.2 Å². The summed E-state index contributed by atoms with van der Waals surface area (Å²) < 4.78 is 1.06. The van der Waals surface area contributed by atoms with E-state index in [2.05, 4.69) is 36.3 Å². The molecule has 0 aliphatic rings. The monoisotopic (exact) mass is 274 g/mol. The van der Waals surface area contributed by atoms with Gasteiger partial charge in [0, 0.05) is 25.4 Å². The maximum absolute atomic E-state index is 4.20.